The normalized spacial score (nSPS) is 11.0. The second-order valence-corrected chi connectivity index (χ2v) is 5.47. The van der Waals surface area contributed by atoms with Gasteiger partial charge in [0.15, 0.2) is 5.78 Å². The SMILES string of the molecule is COc1ccc(N/C(C)=C(\C#N)C(=O)CNc2cccc(OC)c2)cc1. The molecule has 2 aromatic carbocycles. The second kappa shape index (κ2) is 9.14. The summed E-state index contributed by atoms with van der Waals surface area (Å²) in [6.45, 7) is 1.71. The third-order valence-electron chi connectivity index (χ3n) is 3.71. The Morgan fingerprint density at radius 2 is 1.73 bits per heavy atom. The van der Waals surface area contributed by atoms with E-state index in [1.165, 1.54) is 0 Å². The minimum Gasteiger partial charge on any atom is -0.497 e. The third-order valence-corrected chi connectivity index (χ3v) is 3.71. The monoisotopic (exact) mass is 351 g/mol. The molecule has 0 radical (unpaired) electrons. The first-order valence-electron chi connectivity index (χ1n) is 8.00. The fourth-order valence-corrected chi connectivity index (χ4v) is 2.31. The van der Waals surface area contributed by atoms with E-state index < -0.39 is 0 Å². The molecule has 0 aromatic heterocycles. The lowest BCUT2D eigenvalue weighted by Gasteiger charge is -2.11. The molecule has 6 nitrogen and oxygen atoms in total. The number of methoxy groups -OCH3 is 2. The summed E-state index contributed by atoms with van der Waals surface area (Å²) in [5, 5.41) is 15.5. The summed E-state index contributed by atoms with van der Waals surface area (Å²) < 4.78 is 10.3. The first-order chi connectivity index (χ1) is 12.6. The number of carbonyl (C=O) groups excluding carboxylic acids is 1. The smallest absolute Gasteiger partial charge is 0.194 e. The van der Waals surface area contributed by atoms with Gasteiger partial charge in [0.05, 0.1) is 20.8 Å². The van der Waals surface area contributed by atoms with Crippen LogP contribution in [-0.2, 0) is 4.79 Å². The van der Waals surface area contributed by atoms with Crippen LogP contribution in [0.25, 0.3) is 0 Å². The number of carbonyl (C=O) groups is 1. The Labute approximate surface area is 153 Å². The van der Waals surface area contributed by atoms with Crippen molar-refractivity contribution >= 4 is 17.2 Å². The lowest BCUT2D eigenvalue weighted by molar-refractivity contribution is -0.113. The van der Waals surface area contributed by atoms with Gasteiger partial charge in [-0.3, -0.25) is 4.79 Å². The fourth-order valence-electron chi connectivity index (χ4n) is 2.31. The molecule has 0 saturated carbocycles. The number of rotatable bonds is 8. The van der Waals surface area contributed by atoms with Gasteiger partial charge in [0, 0.05) is 23.1 Å². The molecule has 0 fully saturated rings. The molecule has 0 atom stereocenters. The molecular formula is C20H21N3O3. The Kier molecular flexibility index (Phi) is 6.63. The lowest BCUT2D eigenvalue weighted by Crippen LogP contribution is -2.18. The number of hydrogen-bond acceptors (Lipinski definition) is 6. The van der Waals surface area contributed by atoms with Gasteiger partial charge in [-0.05, 0) is 43.3 Å². The number of hydrogen-bond donors (Lipinski definition) is 2. The molecule has 0 bridgehead atoms. The summed E-state index contributed by atoms with van der Waals surface area (Å²) in [7, 11) is 3.17. The molecule has 0 saturated heterocycles. The first-order valence-corrected chi connectivity index (χ1v) is 8.00. The Balaban J connectivity index is 2.05. The molecule has 0 aliphatic carbocycles. The summed E-state index contributed by atoms with van der Waals surface area (Å²) in [6.07, 6.45) is 0. The molecule has 0 unspecified atom stereocenters. The van der Waals surface area contributed by atoms with Crippen molar-refractivity contribution < 1.29 is 14.3 Å². The lowest BCUT2D eigenvalue weighted by atomic mass is 10.1. The van der Waals surface area contributed by atoms with Crippen LogP contribution in [0, 0.1) is 11.3 Å². The van der Waals surface area contributed by atoms with Gasteiger partial charge in [-0.2, -0.15) is 5.26 Å². The highest BCUT2D eigenvalue weighted by molar-refractivity contribution is 6.02. The van der Waals surface area contributed by atoms with E-state index in [0.717, 1.165) is 17.1 Å². The standard InChI is InChI=1S/C20H21N3O3/c1-14(23-15-7-9-17(25-2)10-8-15)19(12-21)20(24)13-22-16-5-4-6-18(11-16)26-3/h4-11,22-23H,13H2,1-3H3/b19-14+. The van der Waals surface area contributed by atoms with Crippen LogP contribution in [0.4, 0.5) is 11.4 Å². The summed E-state index contributed by atoms with van der Waals surface area (Å²) >= 11 is 0. The Bertz CT molecular complexity index is 836. The van der Waals surface area contributed by atoms with Crippen LogP contribution >= 0.6 is 0 Å². The summed E-state index contributed by atoms with van der Waals surface area (Å²) in [5.74, 6) is 1.13. The molecule has 0 aliphatic heterocycles. The fraction of sp³-hybridized carbons (Fsp3) is 0.200. The number of ether oxygens (including phenoxy) is 2. The van der Waals surface area contributed by atoms with E-state index in [2.05, 4.69) is 10.6 Å². The molecule has 0 aliphatic rings. The van der Waals surface area contributed by atoms with Gasteiger partial charge >= 0.3 is 0 Å². The van der Waals surface area contributed by atoms with Gasteiger partial charge in [0.25, 0.3) is 0 Å². The zero-order valence-corrected chi connectivity index (χ0v) is 15.0. The second-order valence-electron chi connectivity index (χ2n) is 5.47. The maximum Gasteiger partial charge on any atom is 0.194 e. The van der Waals surface area contributed by atoms with Crippen LogP contribution in [0.15, 0.2) is 59.8 Å². The Morgan fingerprint density at radius 3 is 2.35 bits per heavy atom. The van der Waals surface area contributed by atoms with Crippen molar-refractivity contribution in [1.29, 1.82) is 5.26 Å². The van der Waals surface area contributed by atoms with Gasteiger partial charge in [-0.15, -0.1) is 0 Å². The van der Waals surface area contributed by atoms with Crippen molar-refractivity contribution in [2.45, 2.75) is 6.92 Å². The van der Waals surface area contributed by atoms with Gasteiger partial charge in [-0.1, -0.05) is 6.07 Å². The average molecular weight is 351 g/mol. The Hall–Kier alpha value is -3.46. The molecule has 0 amide bonds. The highest BCUT2D eigenvalue weighted by Gasteiger charge is 2.13. The van der Waals surface area contributed by atoms with Gasteiger partial charge in [0.2, 0.25) is 0 Å². The molecular weight excluding hydrogens is 330 g/mol. The van der Waals surface area contributed by atoms with Crippen LogP contribution in [-0.4, -0.2) is 26.5 Å². The summed E-state index contributed by atoms with van der Waals surface area (Å²) in [4.78, 5) is 12.4. The number of ketones is 1. The number of nitrogens with zero attached hydrogens (tertiary/aromatic N) is 1. The van der Waals surface area contributed by atoms with Gasteiger partial charge in [0.1, 0.15) is 23.1 Å². The van der Waals surface area contributed by atoms with Crippen LogP contribution in [0.2, 0.25) is 0 Å². The van der Waals surface area contributed by atoms with E-state index in [4.69, 9.17) is 9.47 Å². The molecule has 0 spiro atoms. The predicted octanol–water partition coefficient (Wildman–Crippen LogP) is 3.59. The maximum atomic E-state index is 12.4. The highest BCUT2D eigenvalue weighted by Crippen LogP contribution is 2.19. The minimum absolute atomic E-state index is 0.0116. The zero-order chi connectivity index (χ0) is 18.9. The molecule has 26 heavy (non-hydrogen) atoms. The zero-order valence-electron chi connectivity index (χ0n) is 15.0. The van der Waals surface area contributed by atoms with Gasteiger partial charge in [-0.25, -0.2) is 0 Å². The number of allylic oxidation sites excluding steroid dienone is 1. The number of benzene rings is 2. The van der Waals surface area contributed by atoms with Crippen LogP contribution in [0.1, 0.15) is 6.92 Å². The molecule has 0 heterocycles. The minimum atomic E-state index is -0.297. The van der Waals surface area contributed by atoms with E-state index in [1.54, 1.807) is 39.3 Å². The predicted molar refractivity (Wildman–Crippen MR) is 101 cm³/mol. The summed E-state index contributed by atoms with van der Waals surface area (Å²) in [6, 6.07) is 16.5. The number of anilines is 2. The Morgan fingerprint density at radius 1 is 1.04 bits per heavy atom. The van der Waals surface area contributed by atoms with E-state index in [9.17, 15) is 10.1 Å². The van der Waals surface area contributed by atoms with E-state index in [-0.39, 0.29) is 17.9 Å². The molecule has 2 N–H and O–H groups in total. The van der Waals surface area contributed by atoms with Crippen molar-refractivity contribution in [1.82, 2.24) is 0 Å². The van der Waals surface area contributed by atoms with E-state index in [0.29, 0.717) is 11.4 Å². The number of nitriles is 1. The third kappa shape index (κ3) is 5.02. The van der Waals surface area contributed by atoms with E-state index >= 15 is 0 Å². The van der Waals surface area contributed by atoms with Crippen LogP contribution in [0.3, 0.4) is 0 Å². The molecule has 2 rings (SSSR count). The van der Waals surface area contributed by atoms with Crippen LogP contribution in [0.5, 0.6) is 11.5 Å². The van der Waals surface area contributed by atoms with Crippen molar-refractivity contribution in [3.63, 3.8) is 0 Å². The number of Topliss-reactive ketones (excluding diaryl/α,β-unsaturated/α-hetero) is 1. The topological polar surface area (TPSA) is 83.4 Å². The van der Waals surface area contributed by atoms with Gasteiger partial charge < -0.3 is 20.1 Å². The number of nitrogens with one attached hydrogen (secondary N) is 2. The summed E-state index contributed by atoms with van der Waals surface area (Å²) in [5.41, 5.74) is 2.09. The average Bonchev–Trinajstić information content (AvgIpc) is 2.67. The van der Waals surface area contributed by atoms with Crippen molar-refractivity contribution in [2.75, 3.05) is 31.4 Å². The first kappa shape index (κ1) is 18.9. The molecule has 134 valence electrons. The molecule has 2 aromatic rings. The largest absolute Gasteiger partial charge is 0.497 e. The van der Waals surface area contributed by atoms with Crippen molar-refractivity contribution in [2.24, 2.45) is 0 Å². The van der Waals surface area contributed by atoms with Crippen molar-refractivity contribution in [3.8, 4) is 17.6 Å². The highest BCUT2D eigenvalue weighted by atomic mass is 16.5. The molecule has 6 heteroatoms. The van der Waals surface area contributed by atoms with Crippen LogP contribution < -0.4 is 20.1 Å². The van der Waals surface area contributed by atoms with E-state index in [1.807, 2.05) is 36.4 Å². The quantitative estimate of drug-likeness (QED) is 0.558. The van der Waals surface area contributed by atoms with Crippen molar-refractivity contribution in [3.05, 3.63) is 59.8 Å². The maximum absolute atomic E-state index is 12.4.